The number of nitrogens with one attached hydrogen (secondary N) is 1. The van der Waals surface area contributed by atoms with Gasteiger partial charge in [-0.2, -0.15) is 5.10 Å². The van der Waals surface area contributed by atoms with Gasteiger partial charge < -0.3 is 14.0 Å². The van der Waals surface area contributed by atoms with E-state index in [1.54, 1.807) is 6.20 Å². The summed E-state index contributed by atoms with van der Waals surface area (Å²) in [7, 11) is 0. The second-order valence-electron chi connectivity index (χ2n) is 6.30. The molecule has 1 N–H and O–H groups in total. The molecule has 0 bridgehead atoms. The number of aromatic nitrogens is 3. The van der Waals surface area contributed by atoms with Gasteiger partial charge in [0.2, 0.25) is 0 Å². The lowest BCUT2D eigenvalue weighted by molar-refractivity contribution is 0.360. The van der Waals surface area contributed by atoms with Gasteiger partial charge in [0, 0.05) is 24.4 Å². The Morgan fingerprint density at radius 2 is 2.07 bits per heavy atom. The van der Waals surface area contributed by atoms with Gasteiger partial charge in [0.1, 0.15) is 22.8 Å². The molecule has 2 aromatic carbocycles. The first-order valence-electron chi connectivity index (χ1n) is 8.62. The average Bonchev–Trinajstić information content (AvgIpc) is 3.41. The summed E-state index contributed by atoms with van der Waals surface area (Å²) < 4.78 is 43.8. The molecule has 0 atom stereocenters. The SMILES string of the molecule is Fc1cccc(F)c1SNc1noc2cc(Cn3cccn3)c3c(c12)OCC3. The summed E-state index contributed by atoms with van der Waals surface area (Å²) in [6.07, 6.45) is 4.38. The fourth-order valence-electron chi connectivity index (χ4n) is 3.31. The van der Waals surface area contributed by atoms with Gasteiger partial charge in [0.25, 0.3) is 0 Å². The second-order valence-corrected chi connectivity index (χ2v) is 7.12. The molecule has 0 saturated heterocycles. The number of rotatable bonds is 5. The fourth-order valence-corrected chi connectivity index (χ4v) is 3.98. The molecule has 0 amide bonds. The van der Waals surface area contributed by atoms with E-state index >= 15 is 0 Å². The van der Waals surface area contributed by atoms with Crippen molar-refractivity contribution in [2.24, 2.45) is 0 Å². The molecule has 1 aliphatic rings. The van der Waals surface area contributed by atoms with E-state index < -0.39 is 11.6 Å². The van der Waals surface area contributed by atoms with Crippen molar-refractivity contribution in [3.63, 3.8) is 0 Å². The van der Waals surface area contributed by atoms with Gasteiger partial charge in [-0.25, -0.2) is 8.78 Å². The lowest BCUT2D eigenvalue weighted by Crippen LogP contribution is -2.02. The highest BCUT2D eigenvalue weighted by Gasteiger charge is 2.25. The maximum atomic E-state index is 13.9. The lowest BCUT2D eigenvalue weighted by atomic mass is 10.0. The predicted octanol–water partition coefficient (Wildman–Crippen LogP) is 4.40. The van der Waals surface area contributed by atoms with Crippen LogP contribution in [0, 0.1) is 11.6 Å². The maximum Gasteiger partial charge on any atom is 0.191 e. The molecule has 4 aromatic rings. The molecular weight excluding hydrogens is 386 g/mol. The van der Waals surface area contributed by atoms with Gasteiger partial charge in [-0.1, -0.05) is 11.2 Å². The maximum absolute atomic E-state index is 13.9. The largest absolute Gasteiger partial charge is 0.492 e. The molecule has 9 heteroatoms. The van der Waals surface area contributed by atoms with Crippen molar-refractivity contribution in [1.29, 1.82) is 0 Å². The minimum absolute atomic E-state index is 0.133. The number of hydrogen-bond acceptors (Lipinski definition) is 6. The van der Waals surface area contributed by atoms with Crippen LogP contribution in [0.4, 0.5) is 14.6 Å². The van der Waals surface area contributed by atoms with E-state index in [-0.39, 0.29) is 4.90 Å². The first kappa shape index (κ1) is 17.1. The van der Waals surface area contributed by atoms with Gasteiger partial charge in [-0.3, -0.25) is 4.68 Å². The van der Waals surface area contributed by atoms with Crippen molar-refractivity contribution >= 4 is 28.7 Å². The Hall–Kier alpha value is -3.07. The van der Waals surface area contributed by atoms with Gasteiger partial charge in [0.05, 0.1) is 18.0 Å². The van der Waals surface area contributed by atoms with Crippen LogP contribution < -0.4 is 9.46 Å². The molecule has 1 aliphatic heterocycles. The molecule has 0 aliphatic carbocycles. The topological polar surface area (TPSA) is 65.1 Å². The molecule has 0 fully saturated rings. The smallest absolute Gasteiger partial charge is 0.191 e. The van der Waals surface area contributed by atoms with Crippen LogP contribution in [0.5, 0.6) is 5.75 Å². The molecular formula is C19H14F2N4O2S. The Labute approximate surface area is 162 Å². The Bertz CT molecular complexity index is 1140. The summed E-state index contributed by atoms with van der Waals surface area (Å²) in [5, 5.41) is 8.94. The third-order valence-corrected chi connectivity index (χ3v) is 5.46. The van der Waals surface area contributed by atoms with Gasteiger partial charge in [0.15, 0.2) is 11.4 Å². The Morgan fingerprint density at radius 3 is 2.86 bits per heavy atom. The molecule has 0 radical (unpaired) electrons. The van der Waals surface area contributed by atoms with Gasteiger partial charge in [-0.05, 0) is 41.8 Å². The monoisotopic (exact) mass is 400 g/mol. The van der Waals surface area contributed by atoms with E-state index in [1.165, 1.54) is 18.2 Å². The Morgan fingerprint density at radius 1 is 1.21 bits per heavy atom. The van der Waals surface area contributed by atoms with Crippen LogP contribution in [-0.2, 0) is 13.0 Å². The minimum atomic E-state index is -0.645. The quantitative estimate of drug-likeness (QED) is 0.501. The van der Waals surface area contributed by atoms with E-state index in [0.29, 0.717) is 35.7 Å². The molecule has 5 rings (SSSR count). The van der Waals surface area contributed by atoms with Gasteiger partial charge >= 0.3 is 0 Å². The third-order valence-electron chi connectivity index (χ3n) is 4.57. The number of anilines is 1. The number of halogens is 2. The fraction of sp³-hybridized carbons (Fsp3) is 0.158. The molecule has 3 heterocycles. The zero-order valence-electron chi connectivity index (χ0n) is 14.5. The molecule has 142 valence electrons. The number of hydrogen-bond donors (Lipinski definition) is 1. The molecule has 2 aromatic heterocycles. The minimum Gasteiger partial charge on any atom is -0.492 e. The van der Waals surface area contributed by atoms with Crippen LogP contribution in [0.25, 0.3) is 11.0 Å². The van der Waals surface area contributed by atoms with Crippen LogP contribution in [0.3, 0.4) is 0 Å². The molecule has 0 unspecified atom stereocenters. The highest BCUT2D eigenvalue weighted by molar-refractivity contribution is 8.00. The lowest BCUT2D eigenvalue weighted by Gasteiger charge is -2.09. The summed E-state index contributed by atoms with van der Waals surface area (Å²) in [5.41, 5.74) is 2.65. The van der Waals surface area contributed by atoms with Crippen LogP contribution in [0.2, 0.25) is 0 Å². The number of benzene rings is 2. The predicted molar refractivity (Wildman–Crippen MR) is 100 cm³/mol. The van der Waals surface area contributed by atoms with E-state index in [9.17, 15) is 8.78 Å². The van der Waals surface area contributed by atoms with E-state index in [2.05, 4.69) is 15.0 Å². The van der Waals surface area contributed by atoms with Crippen LogP contribution in [0.1, 0.15) is 11.1 Å². The molecule has 28 heavy (non-hydrogen) atoms. The van der Waals surface area contributed by atoms with Crippen LogP contribution in [0.15, 0.2) is 52.1 Å². The van der Waals surface area contributed by atoms with Crippen molar-refractivity contribution in [3.8, 4) is 5.75 Å². The number of nitrogens with zero attached hydrogens (tertiary/aromatic N) is 3. The number of fused-ring (bicyclic) bond motifs is 3. The van der Waals surface area contributed by atoms with Crippen LogP contribution in [-0.4, -0.2) is 21.5 Å². The van der Waals surface area contributed by atoms with E-state index in [4.69, 9.17) is 9.26 Å². The third kappa shape index (κ3) is 2.88. The van der Waals surface area contributed by atoms with E-state index in [0.717, 1.165) is 29.5 Å². The summed E-state index contributed by atoms with van der Waals surface area (Å²) >= 11 is 0.807. The summed E-state index contributed by atoms with van der Waals surface area (Å²) in [6, 6.07) is 7.51. The zero-order valence-corrected chi connectivity index (χ0v) is 15.3. The summed E-state index contributed by atoms with van der Waals surface area (Å²) in [5.74, 6) is -0.231. The molecule has 0 saturated carbocycles. The normalized spacial score (nSPS) is 12.9. The number of ether oxygens (including phenoxy) is 1. The van der Waals surface area contributed by atoms with Crippen molar-refractivity contribution in [1.82, 2.24) is 14.9 Å². The van der Waals surface area contributed by atoms with Crippen molar-refractivity contribution < 1.29 is 18.0 Å². The van der Waals surface area contributed by atoms with Gasteiger partial charge in [-0.15, -0.1) is 0 Å². The standard InChI is InChI=1S/C19H14F2N4O2S/c20-13-3-1-4-14(21)18(13)28-24-19-16-15(27-23-19)9-11(10-25-7-2-6-22-25)12-5-8-26-17(12)16/h1-4,6-7,9H,5,8,10H2,(H,23,24). The highest BCUT2D eigenvalue weighted by atomic mass is 32.2. The second kappa shape index (κ2) is 6.83. The summed E-state index contributed by atoms with van der Waals surface area (Å²) in [4.78, 5) is -0.133. The van der Waals surface area contributed by atoms with Crippen LogP contribution >= 0.6 is 11.9 Å². The summed E-state index contributed by atoms with van der Waals surface area (Å²) in [6.45, 7) is 1.15. The Balaban J connectivity index is 1.51. The highest BCUT2D eigenvalue weighted by Crippen LogP contribution is 2.42. The first-order chi connectivity index (χ1) is 13.7. The van der Waals surface area contributed by atoms with Crippen molar-refractivity contribution in [2.75, 3.05) is 11.3 Å². The average molecular weight is 400 g/mol. The van der Waals surface area contributed by atoms with E-state index in [1.807, 2.05) is 23.0 Å². The van der Waals surface area contributed by atoms with Crippen molar-refractivity contribution in [3.05, 3.63) is 65.5 Å². The molecule has 6 nitrogen and oxygen atoms in total. The zero-order chi connectivity index (χ0) is 19.1. The molecule has 0 spiro atoms. The Kier molecular flexibility index (Phi) is 4.16. The first-order valence-corrected chi connectivity index (χ1v) is 9.43. The van der Waals surface area contributed by atoms with Crippen molar-refractivity contribution in [2.45, 2.75) is 17.9 Å².